The van der Waals surface area contributed by atoms with Crippen molar-refractivity contribution >= 4 is 5.91 Å². The lowest BCUT2D eigenvalue weighted by atomic mass is 10.1. The standard InChI is InChI=1S/C18H19NO2/c1-13(14-8-4-3-5-9-14)19(2)18(20)17-12-15-10-6-7-11-16(15)21-17/h3-11,13,17H,12H2,1-2H3/t13-,17+/m0/s1. The number of carbonyl (C=O) groups is 1. The molecule has 0 aromatic heterocycles. The number of hydrogen-bond donors (Lipinski definition) is 0. The number of rotatable bonds is 3. The zero-order valence-electron chi connectivity index (χ0n) is 12.3. The zero-order valence-corrected chi connectivity index (χ0v) is 12.3. The van der Waals surface area contributed by atoms with Gasteiger partial charge < -0.3 is 9.64 Å². The van der Waals surface area contributed by atoms with E-state index in [4.69, 9.17) is 4.74 Å². The third-order valence-electron chi connectivity index (χ3n) is 4.13. The second-order valence-corrected chi connectivity index (χ2v) is 5.45. The Morgan fingerprint density at radius 2 is 1.81 bits per heavy atom. The first-order valence-electron chi connectivity index (χ1n) is 7.23. The molecule has 2 aromatic carbocycles. The number of benzene rings is 2. The Labute approximate surface area is 125 Å². The number of carbonyl (C=O) groups excluding carboxylic acids is 1. The highest BCUT2D eigenvalue weighted by Crippen LogP contribution is 2.30. The highest BCUT2D eigenvalue weighted by atomic mass is 16.5. The normalized spacial score (nSPS) is 17.7. The maximum absolute atomic E-state index is 12.6. The smallest absolute Gasteiger partial charge is 0.264 e. The van der Waals surface area contributed by atoms with E-state index in [-0.39, 0.29) is 11.9 Å². The molecule has 2 atom stereocenters. The summed E-state index contributed by atoms with van der Waals surface area (Å²) in [6.07, 6.45) is 0.250. The van der Waals surface area contributed by atoms with Crippen molar-refractivity contribution in [1.29, 1.82) is 0 Å². The molecule has 108 valence electrons. The van der Waals surface area contributed by atoms with E-state index in [1.54, 1.807) is 4.90 Å². The summed E-state index contributed by atoms with van der Waals surface area (Å²) in [5.41, 5.74) is 2.24. The van der Waals surface area contributed by atoms with Gasteiger partial charge in [0.15, 0.2) is 6.10 Å². The van der Waals surface area contributed by atoms with E-state index in [1.807, 2.05) is 68.6 Å². The molecule has 0 radical (unpaired) electrons. The zero-order chi connectivity index (χ0) is 14.8. The van der Waals surface area contributed by atoms with E-state index >= 15 is 0 Å². The average Bonchev–Trinajstić information content (AvgIpc) is 2.97. The fourth-order valence-electron chi connectivity index (χ4n) is 2.69. The molecule has 0 unspecified atom stereocenters. The third kappa shape index (κ3) is 2.64. The lowest BCUT2D eigenvalue weighted by Crippen LogP contribution is -2.40. The van der Waals surface area contributed by atoms with E-state index < -0.39 is 6.10 Å². The SMILES string of the molecule is C[C@@H](c1ccccc1)N(C)C(=O)[C@H]1Cc2ccccc2O1. The van der Waals surface area contributed by atoms with E-state index in [0.29, 0.717) is 6.42 Å². The first kappa shape index (κ1) is 13.7. The minimum Gasteiger partial charge on any atom is -0.480 e. The van der Waals surface area contributed by atoms with Crippen LogP contribution in [-0.2, 0) is 11.2 Å². The van der Waals surface area contributed by atoms with Crippen LogP contribution in [0, 0.1) is 0 Å². The summed E-state index contributed by atoms with van der Waals surface area (Å²) in [5, 5.41) is 0. The maximum atomic E-state index is 12.6. The van der Waals surface area contributed by atoms with E-state index in [9.17, 15) is 4.79 Å². The second kappa shape index (κ2) is 5.60. The molecule has 2 aromatic rings. The molecule has 3 heteroatoms. The summed E-state index contributed by atoms with van der Waals surface area (Å²) in [6.45, 7) is 2.04. The van der Waals surface area contributed by atoms with Gasteiger partial charge in [0.2, 0.25) is 0 Å². The lowest BCUT2D eigenvalue weighted by molar-refractivity contribution is -0.138. The molecule has 3 nitrogen and oxygen atoms in total. The third-order valence-corrected chi connectivity index (χ3v) is 4.13. The Balaban J connectivity index is 1.72. The Hall–Kier alpha value is -2.29. The molecule has 0 bridgehead atoms. The van der Waals surface area contributed by atoms with Gasteiger partial charge in [0.1, 0.15) is 5.75 Å². The minimum atomic E-state index is -0.404. The molecule has 1 heterocycles. The number of nitrogens with zero attached hydrogens (tertiary/aromatic N) is 1. The summed E-state index contributed by atoms with van der Waals surface area (Å²) in [5.74, 6) is 0.860. The van der Waals surface area contributed by atoms with Crippen LogP contribution in [0.3, 0.4) is 0 Å². The Bertz CT molecular complexity index is 614. The Morgan fingerprint density at radius 3 is 2.52 bits per heavy atom. The molecular formula is C18H19NO2. The number of likely N-dealkylation sites (N-methyl/N-ethyl adjacent to an activating group) is 1. The van der Waals surface area contributed by atoms with Gasteiger partial charge in [-0.05, 0) is 24.1 Å². The summed E-state index contributed by atoms with van der Waals surface area (Å²) < 4.78 is 5.78. The topological polar surface area (TPSA) is 29.5 Å². The quantitative estimate of drug-likeness (QED) is 0.864. The molecule has 0 saturated carbocycles. The van der Waals surface area contributed by atoms with Crippen LogP contribution < -0.4 is 4.74 Å². The Morgan fingerprint density at radius 1 is 1.14 bits per heavy atom. The molecule has 1 amide bonds. The van der Waals surface area contributed by atoms with Crippen LogP contribution in [-0.4, -0.2) is 24.0 Å². The predicted molar refractivity (Wildman–Crippen MR) is 82.2 cm³/mol. The van der Waals surface area contributed by atoms with Gasteiger partial charge in [-0.1, -0.05) is 48.5 Å². The number of hydrogen-bond acceptors (Lipinski definition) is 2. The van der Waals surface area contributed by atoms with Crippen LogP contribution in [0.5, 0.6) is 5.75 Å². The number of fused-ring (bicyclic) bond motifs is 1. The Kier molecular flexibility index (Phi) is 3.65. The molecule has 21 heavy (non-hydrogen) atoms. The van der Waals surface area contributed by atoms with Crippen LogP contribution in [0.1, 0.15) is 24.1 Å². The van der Waals surface area contributed by atoms with Crippen molar-refractivity contribution in [3.8, 4) is 5.75 Å². The van der Waals surface area contributed by atoms with Crippen LogP contribution in [0.2, 0.25) is 0 Å². The minimum absolute atomic E-state index is 0.0301. The molecule has 0 aliphatic carbocycles. The first-order chi connectivity index (χ1) is 10.2. The molecule has 3 rings (SSSR count). The first-order valence-corrected chi connectivity index (χ1v) is 7.23. The van der Waals surface area contributed by atoms with E-state index in [2.05, 4.69) is 0 Å². The predicted octanol–water partition coefficient (Wildman–Crippen LogP) is 3.21. The maximum Gasteiger partial charge on any atom is 0.264 e. The highest BCUT2D eigenvalue weighted by Gasteiger charge is 2.32. The van der Waals surface area contributed by atoms with Gasteiger partial charge in [0, 0.05) is 13.5 Å². The van der Waals surface area contributed by atoms with E-state index in [1.165, 1.54) is 0 Å². The summed E-state index contributed by atoms with van der Waals surface area (Å²) in [4.78, 5) is 14.4. The van der Waals surface area contributed by atoms with Gasteiger partial charge in [-0.3, -0.25) is 4.79 Å². The number of ether oxygens (including phenoxy) is 1. The molecule has 1 aliphatic rings. The second-order valence-electron chi connectivity index (χ2n) is 5.45. The molecule has 0 saturated heterocycles. The van der Waals surface area contributed by atoms with Crippen molar-refractivity contribution in [3.63, 3.8) is 0 Å². The van der Waals surface area contributed by atoms with Crippen molar-refractivity contribution in [2.75, 3.05) is 7.05 Å². The van der Waals surface area contributed by atoms with Gasteiger partial charge in [-0.25, -0.2) is 0 Å². The summed E-state index contributed by atoms with van der Waals surface area (Å²) in [6, 6.07) is 17.9. The van der Waals surface area contributed by atoms with E-state index in [0.717, 1.165) is 16.9 Å². The monoisotopic (exact) mass is 281 g/mol. The number of para-hydroxylation sites is 1. The van der Waals surface area contributed by atoms with Crippen LogP contribution in [0.15, 0.2) is 54.6 Å². The average molecular weight is 281 g/mol. The summed E-state index contributed by atoms with van der Waals surface area (Å²) >= 11 is 0. The number of amides is 1. The van der Waals surface area contributed by atoms with Crippen molar-refractivity contribution in [1.82, 2.24) is 4.90 Å². The lowest BCUT2D eigenvalue weighted by Gasteiger charge is -2.27. The molecule has 0 fully saturated rings. The molecule has 1 aliphatic heterocycles. The van der Waals surface area contributed by atoms with Crippen LogP contribution in [0.25, 0.3) is 0 Å². The van der Waals surface area contributed by atoms with Gasteiger partial charge >= 0.3 is 0 Å². The molecule has 0 N–H and O–H groups in total. The van der Waals surface area contributed by atoms with Crippen LogP contribution >= 0.6 is 0 Å². The fraction of sp³-hybridized carbons (Fsp3) is 0.278. The van der Waals surface area contributed by atoms with Crippen LogP contribution in [0.4, 0.5) is 0 Å². The molecule has 0 spiro atoms. The van der Waals surface area contributed by atoms with Gasteiger partial charge in [0.25, 0.3) is 5.91 Å². The van der Waals surface area contributed by atoms with Gasteiger partial charge in [-0.2, -0.15) is 0 Å². The van der Waals surface area contributed by atoms with Crippen molar-refractivity contribution < 1.29 is 9.53 Å². The van der Waals surface area contributed by atoms with Crippen molar-refractivity contribution in [3.05, 3.63) is 65.7 Å². The van der Waals surface area contributed by atoms with Crippen molar-refractivity contribution in [2.24, 2.45) is 0 Å². The van der Waals surface area contributed by atoms with Gasteiger partial charge in [0.05, 0.1) is 6.04 Å². The fourth-order valence-corrected chi connectivity index (χ4v) is 2.69. The van der Waals surface area contributed by atoms with Gasteiger partial charge in [-0.15, -0.1) is 0 Å². The highest BCUT2D eigenvalue weighted by molar-refractivity contribution is 5.82. The summed E-state index contributed by atoms with van der Waals surface area (Å²) in [7, 11) is 1.84. The largest absolute Gasteiger partial charge is 0.480 e. The molecular weight excluding hydrogens is 262 g/mol. The van der Waals surface area contributed by atoms with Crippen molar-refractivity contribution in [2.45, 2.75) is 25.5 Å².